The average molecular weight is 364 g/mol. The summed E-state index contributed by atoms with van der Waals surface area (Å²) in [7, 11) is 0. The lowest BCUT2D eigenvalue weighted by atomic mass is 10.0. The van der Waals surface area contributed by atoms with Gasteiger partial charge in [0.05, 0.1) is 5.39 Å². The first kappa shape index (κ1) is 16.9. The molecule has 4 rings (SSSR count). The number of carbonyl (C=O) groups is 1. The third kappa shape index (κ3) is 2.85. The van der Waals surface area contributed by atoms with Gasteiger partial charge >= 0.3 is 11.6 Å². The summed E-state index contributed by atoms with van der Waals surface area (Å²) in [6.45, 7) is 3.65. The lowest BCUT2D eigenvalue weighted by Gasteiger charge is -2.11. The molecule has 0 spiro atoms. The molecule has 0 atom stereocenters. The molecule has 136 valence electrons. The highest BCUT2D eigenvalue weighted by Crippen LogP contribution is 2.31. The van der Waals surface area contributed by atoms with Crippen LogP contribution in [0.25, 0.3) is 21.7 Å². The molecular weight excluding hydrogens is 348 g/mol. The molecule has 1 N–H and O–H groups in total. The van der Waals surface area contributed by atoms with Crippen LogP contribution in [0.5, 0.6) is 5.75 Å². The predicted octanol–water partition coefficient (Wildman–Crippen LogP) is 4.43. The maximum absolute atomic E-state index is 12.3. The summed E-state index contributed by atoms with van der Waals surface area (Å²) in [6.07, 6.45) is 0. The Bertz CT molecular complexity index is 1240. The summed E-state index contributed by atoms with van der Waals surface area (Å²) >= 11 is 0. The van der Waals surface area contributed by atoms with E-state index in [1.165, 1.54) is 6.07 Å². The number of rotatable bonds is 4. The number of aryl methyl sites for hydroxylation is 2. The third-order valence-electron chi connectivity index (χ3n) is 4.60. The molecule has 6 heteroatoms. The van der Waals surface area contributed by atoms with Gasteiger partial charge in [-0.25, -0.2) is 9.59 Å². The number of carboxylic acid groups (broad SMARTS) is 1. The molecule has 0 bridgehead atoms. The van der Waals surface area contributed by atoms with Gasteiger partial charge in [0.1, 0.15) is 23.7 Å². The topological polar surface area (TPSA) is 89.9 Å². The Morgan fingerprint density at radius 1 is 1.04 bits per heavy atom. The number of furan rings is 1. The number of hydrogen-bond donors (Lipinski definition) is 1. The zero-order valence-corrected chi connectivity index (χ0v) is 14.7. The summed E-state index contributed by atoms with van der Waals surface area (Å²) in [5.41, 5.74) is 1.43. The molecule has 27 heavy (non-hydrogen) atoms. The highest BCUT2D eigenvalue weighted by atomic mass is 16.5. The smallest absolute Gasteiger partial charge is 0.371 e. The van der Waals surface area contributed by atoms with E-state index in [-0.39, 0.29) is 12.4 Å². The van der Waals surface area contributed by atoms with Crippen molar-refractivity contribution in [1.82, 2.24) is 0 Å². The van der Waals surface area contributed by atoms with E-state index < -0.39 is 11.6 Å². The Morgan fingerprint density at radius 2 is 1.78 bits per heavy atom. The molecule has 0 radical (unpaired) electrons. The molecule has 0 unspecified atom stereocenters. The van der Waals surface area contributed by atoms with Gasteiger partial charge in [-0.1, -0.05) is 18.2 Å². The molecule has 2 aromatic heterocycles. The second-order valence-corrected chi connectivity index (χ2v) is 6.29. The molecule has 4 aromatic rings. The first-order valence-corrected chi connectivity index (χ1v) is 8.36. The van der Waals surface area contributed by atoms with Crippen LogP contribution in [0.3, 0.4) is 0 Å². The van der Waals surface area contributed by atoms with Gasteiger partial charge in [0.25, 0.3) is 0 Å². The summed E-state index contributed by atoms with van der Waals surface area (Å²) in [6, 6.07) is 12.4. The number of carboxylic acids is 1. The minimum absolute atomic E-state index is 0.126. The van der Waals surface area contributed by atoms with Crippen LogP contribution >= 0.6 is 0 Å². The predicted molar refractivity (Wildman–Crippen MR) is 99.5 cm³/mol. The van der Waals surface area contributed by atoms with Crippen LogP contribution in [-0.4, -0.2) is 11.1 Å². The number of benzene rings is 2. The van der Waals surface area contributed by atoms with Crippen LogP contribution < -0.4 is 10.4 Å². The van der Waals surface area contributed by atoms with E-state index in [9.17, 15) is 9.59 Å². The lowest BCUT2D eigenvalue weighted by molar-refractivity contribution is 0.0661. The van der Waals surface area contributed by atoms with E-state index in [4.69, 9.17) is 18.7 Å². The standard InChI is InChI=1S/C21H16O6/c1-11-17(25-10-13-9-18(20(22)23)26-12(13)2)8-7-15-14-5-3-4-6-16(14)21(24)27-19(11)15/h3-9H,10H2,1-2H3,(H,22,23). The number of aromatic carboxylic acids is 1. The molecule has 0 aliphatic heterocycles. The van der Waals surface area contributed by atoms with Crippen molar-refractivity contribution in [2.45, 2.75) is 20.5 Å². The molecule has 2 aromatic carbocycles. The highest BCUT2D eigenvalue weighted by Gasteiger charge is 2.15. The largest absolute Gasteiger partial charge is 0.488 e. The quantitative estimate of drug-likeness (QED) is 0.425. The summed E-state index contributed by atoms with van der Waals surface area (Å²) in [5, 5.41) is 11.2. The van der Waals surface area contributed by atoms with E-state index >= 15 is 0 Å². The maximum atomic E-state index is 12.3. The second-order valence-electron chi connectivity index (χ2n) is 6.29. The van der Waals surface area contributed by atoms with Crippen molar-refractivity contribution < 1.29 is 23.5 Å². The van der Waals surface area contributed by atoms with E-state index in [1.807, 2.05) is 31.2 Å². The molecular formula is C21H16O6. The van der Waals surface area contributed by atoms with Crippen molar-refractivity contribution in [3.8, 4) is 5.75 Å². The zero-order chi connectivity index (χ0) is 19.1. The fourth-order valence-corrected chi connectivity index (χ4v) is 3.14. The van der Waals surface area contributed by atoms with Gasteiger partial charge < -0.3 is 18.7 Å². The maximum Gasteiger partial charge on any atom is 0.371 e. The summed E-state index contributed by atoms with van der Waals surface area (Å²) < 4.78 is 16.6. The van der Waals surface area contributed by atoms with Gasteiger partial charge in [0, 0.05) is 16.5 Å². The third-order valence-corrected chi connectivity index (χ3v) is 4.60. The van der Waals surface area contributed by atoms with Crippen molar-refractivity contribution in [3.05, 3.63) is 75.5 Å². The van der Waals surface area contributed by atoms with E-state index in [1.54, 1.807) is 19.1 Å². The highest BCUT2D eigenvalue weighted by molar-refractivity contribution is 6.05. The van der Waals surface area contributed by atoms with E-state index in [0.717, 1.165) is 10.8 Å². The van der Waals surface area contributed by atoms with Crippen molar-refractivity contribution in [2.24, 2.45) is 0 Å². The first-order chi connectivity index (χ1) is 13.0. The van der Waals surface area contributed by atoms with Crippen LogP contribution in [0.15, 0.2) is 56.1 Å². The van der Waals surface area contributed by atoms with Crippen molar-refractivity contribution in [3.63, 3.8) is 0 Å². The molecule has 0 aliphatic carbocycles. The Kier molecular flexibility index (Phi) is 3.96. The van der Waals surface area contributed by atoms with Crippen LogP contribution in [0.4, 0.5) is 0 Å². The molecule has 0 amide bonds. The Morgan fingerprint density at radius 3 is 2.48 bits per heavy atom. The minimum Gasteiger partial charge on any atom is -0.488 e. The number of fused-ring (bicyclic) bond motifs is 3. The Hall–Kier alpha value is -3.54. The second kappa shape index (κ2) is 6.32. The normalized spacial score (nSPS) is 11.2. The van der Waals surface area contributed by atoms with Gasteiger partial charge in [-0.2, -0.15) is 0 Å². The number of hydrogen-bond acceptors (Lipinski definition) is 5. The molecule has 0 saturated heterocycles. The van der Waals surface area contributed by atoms with Gasteiger partial charge in [0.2, 0.25) is 5.76 Å². The monoisotopic (exact) mass is 364 g/mol. The summed E-state index contributed by atoms with van der Waals surface area (Å²) in [5.74, 6) is -0.208. The first-order valence-electron chi connectivity index (χ1n) is 8.36. The van der Waals surface area contributed by atoms with E-state index in [2.05, 4.69) is 0 Å². The molecule has 0 aliphatic rings. The van der Waals surface area contributed by atoms with Gasteiger partial charge in [-0.05, 0) is 43.5 Å². The van der Waals surface area contributed by atoms with Crippen molar-refractivity contribution in [1.29, 1.82) is 0 Å². The lowest BCUT2D eigenvalue weighted by Crippen LogP contribution is -2.02. The van der Waals surface area contributed by atoms with Crippen LogP contribution in [0, 0.1) is 13.8 Å². The summed E-state index contributed by atoms with van der Waals surface area (Å²) in [4.78, 5) is 23.3. The Labute approximate surface area is 153 Å². The minimum atomic E-state index is -1.13. The zero-order valence-electron chi connectivity index (χ0n) is 14.7. The fraction of sp³-hybridized carbons (Fsp3) is 0.143. The van der Waals surface area contributed by atoms with E-state index in [0.29, 0.717) is 33.6 Å². The van der Waals surface area contributed by atoms with Crippen LogP contribution in [0.2, 0.25) is 0 Å². The molecule has 0 saturated carbocycles. The fourth-order valence-electron chi connectivity index (χ4n) is 3.14. The van der Waals surface area contributed by atoms with Crippen LogP contribution in [-0.2, 0) is 6.61 Å². The molecule has 2 heterocycles. The SMILES string of the molecule is Cc1oc(C(=O)O)cc1COc1ccc2c(oc(=O)c3ccccc32)c1C. The molecule has 6 nitrogen and oxygen atoms in total. The number of ether oxygens (including phenoxy) is 1. The van der Waals surface area contributed by atoms with Gasteiger partial charge in [-0.3, -0.25) is 0 Å². The molecule has 0 fully saturated rings. The average Bonchev–Trinajstić information content (AvgIpc) is 3.03. The van der Waals surface area contributed by atoms with Crippen molar-refractivity contribution >= 4 is 27.7 Å². The van der Waals surface area contributed by atoms with Gasteiger partial charge in [0.15, 0.2) is 0 Å². The van der Waals surface area contributed by atoms with Gasteiger partial charge in [-0.15, -0.1) is 0 Å². The Balaban J connectivity index is 1.73. The van der Waals surface area contributed by atoms with Crippen LogP contribution in [0.1, 0.15) is 27.4 Å². The van der Waals surface area contributed by atoms with Crippen molar-refractivity contribution in [2.75, 3.05) is 0 Å².